The van der Waals surface area contributed by atoms with Gasteiger partial charge >= 0.3 is 6.03 Å². The monoisotopic (exact) mass is 285 g/mol. The van der Waals surface area contributed by atoms with E-state index in [1.807, 2.05) is 25.3 Å². The smallest absolute Gasteiger partial charge is 0.315 e. The fourth-order valence-corrected chi connectivity index (χ4v) is 2.21. The van der Waals surface area contributed by atoms with Crippen LogP contribution in [0.4, 0.5) is 4.79 Å². The van der Waals surface area contributed by atoms with E-state index in [1.54, 1.807) is 0 Å². The second-order valence-electron chi connectivity index (χ2n) is 5.16. The molecule has 4 heteroatoms. The first-order chi connectivity index (χ1) is 10.2. The summed E-state index contributed by atoms with van der Waals surface area (Å²) in [6.07, 6.45) is 2.99. The maximum atomic E-state index is 11.6. The summed E-state index contributed by atoms with van der Waals surface area (Å²) in [6.45, 7) is 6.22. The van der Waals surface area contributed by atoms with E-state index >= 15 is 0 Å². The van der Waals surface area contributed by atoms with Crippen molar-refractivity contribution in [3.8, 4) is 0 Å². The Morgan fingerprint density at radius 2 is 1.95 bits per heavy atom. The van der Waals surface area contributed by atoms with Crippen molar-refractivity contribution >= 4 is 6.03 Å². The molecule has 0 radical (unpaired) electrons. The zero-order valence-corrected chi connectivity index (χ0v) is 12.7. The molecule has 2 rings (SSSR count). The minimum Gasteiger partial charge on any atom is -0.345 e. The summed E-state index contributed by atoms with van der Waals surface area (Å²) in [5.41, 5.74) is 3.68. The standard InChI is InChI=1S/C17H23N3O/c1-3-10-18-17(21)19-12-16-9-6-11-20(16)13-15-8-5-4-7-14(15)2/h4-9,11H,3,10,12-13H2,1-2H3,(H2,18,19,21). The number of hydrogen-bond donors (Lipinski definition) is 2. The van der Waals surface area contributed by atoms with Crippen molar-refractivity contribution < 1.29 is 4.79 Å². The Labute approximate surface area is 126 Å². The van der Waals surface area contributed by atoms with Crippen molar-refractivity contribution in [1.29, 1.82) is 0 Å². The molecule has 0 aliphatic heterocycles. The molecule has 112 valence electrons. The number of hydrogen-bond acceptors (Lipinski definition) is 1. The Kier molecular flexibility index (Phi) is 5.43. The number of benzene rings is 1. The van der Waals surface area contributed by atoms with Crippen LogP contribution >= 0.6 is 0 Å². The minimum atomic E-state index is -0.111. The lowest BCUT2D eigenvalue weighted by atomic mass is 10.1. The van der Waals surface area contributed by atoms with E-state index in [1.165, 1.54) is 11.1 Å². The summed E-state index contributed by atoms with van der Waals surface area (Å²) < 4.78 is 2.17. The van der Waals surface area contributed by atoms with Crippen LogP contribution in [0.25, 0.3) is 0 Å². The average Bonchev–Trinajstić information content (AvgIpc) is 2.92. The van der Waals surface area contributed by atoms with Crippen molar-refractivity contribution in [2.75, 3.05) is 6.54 Å². The first-order valence-corrected chi connectivity index (χ1v) is 7.41. The highest BCUT2D eigenvalue weighted by Gasteiger charge is 2.05. The Hall–Kier alpha value is -2.23. The lowest BCUT2D eigenvalue weighted by Gasteiger charge is -2.12. The number of rotatable bonds is 6. The van der Waals surface area contributed by atoms with Gasteiger partial charge in [0.1, 0.15) is 0 Å². The Morgan fingerprint density at radius 3 is 2.71 bits per heavy atom. The molecule has 4 nitrogen and oxygen atoms in total. The molecule has 0 saturated carbocycles. The molecule has 0 spiro atoms. The zero-order chi connectivity index (χ0) is 15.1. The van der Waals surface area contributed by atoms with Crippen molar-refractivity contribution in [2.24, 2.45) is 0 Å². The third kappa shape index (κ3) is 4.38. The van der Waals surface area contributed by atoms with Crippen molar-refractivity contribution in [3.63, 3.8) is 0 Å². The lowest BCUT2D eigenvalue weighted by Crippen LogP contribution is -2.35. The molecular formula is C17H23N3O. The predicted octanol–water partition coefficient (Wildman–Crippen LogP) is 3.05. The number of urea groups is 1. The third-order valence-electron chi connectivity index (χ3n) is 3.49. The van der Waals surface area contributed by atoms with E-state index in [0.717, 1.165) is 18.7 Å². The van der Waals surface area contributed by atoms with Gasteiger partial charge in [-0.3, -0.25) is 0 Å². The van der Waals surface area contributed by atoms with E-state index in [9.17, 15) is 4.79 Å². The van der Waals surface area contributed by atoms with Gasteiger partial charge in [0.25, 0.3) is 0 Å². The highest BCUT2D eigenvalue weighted by atomic mass is 16.2. The number of carbonyl (C=O) groups is 1. The van der Waals surface area contributed by atoms with Gasteiger partial charge in [-0.05, 0) is 36.6 Å². The first-order valence-electron chi connectivity index (χ1n) is 7.41. The lowest BCUT2D eigenvalue weighted by molar-refractivity contribution is 0.240. The normalized spacial score (nSPS) is 10.4. The van der Waals surface area contributed by atoms with Gasteiger partial charge in [-0.1, -0.05) is 31.2 Å². The van der Waals surface area contributed by atoms with E-state index in [4.69, 9.17) is 0 Å². The SMILES string of the molecule is CCCNC(=O)NCc1cccn1Cc1ccccc1C. The van der Waals surface area contributed by atoms with Gasteiger partial charge in [-0.15, -0.1) is 0 Å². The number of aromatic nitrogens is 1. The maximum Gasteiger partial charge on any atom is 0.315 e. The van der Waals surface area contributed by atoms with E-state index in [-0.39, 0.29) is 6.03 Å². The maximum absolute atomic E-state index is 11.6. The van der Waals surface area contributed by atoms with Crippen LogP contribution in [0.5, 0.6) is 0 Å². The van der Waals surface area contributed by atoms with Crippen LogP contribution in [0.15, 0.2) is 42.6 Å². The van der Waals surface area contributed by atoms with Crippen LogP contribution < -0.4 is 10.6 Å². The quantitative estimate of drug-likeness (QED) is 0.842. The van der Waals surface area contributed by atoms with Crippen molar-refractivity contribution in [1.82, 2.24) is 15.2 Å². The fraction of sp³-hybridized carbons (Fsp3) is 0.353. The Bertz CT molecular complexity index is 589. The third-order valence-corrected chi connectivity index (χ3v) is 3.49. The molecule has 2 N–H and O–H groups in total. The van der Waals surface area contributed by atoms with Crippen molar-refractivity contribution in [3.05, 3.63) is 59.4 Å². The number of nitrogens with one attached hydrogen (secondary N) is 2. The summed E-state index contributed by atoms with van der Waals surface area (Å²) in [7, 11) is 0. The molecule has 1 aromatic carbocycles. The zero-order valence-electron chi connectivity index (χ0n) is 12.7. The molecule has 1 aromatic heterocycles. The van der Waals surface area contributed by atoms with Gasteiger partial charge in [0.05, 0.1) is 6.54 Å². The van der Waals surface area contributed by atoms with Crippen LogP contribution in [0, 0.1) is 6.92 Å². The predicted molar refractivity (Wildman–Crippen MR) is 85.2 cm³/mol. The largest absolute Gasteiger partial charge is 0.345 e. The molecule has 1 heterocycles. The summed E-state index contributed by atoms with van der Waals surface area (Å²) >= 11 is 0. The summed E-state index contributed by atoms with van der Waals surface area (Å²) in [5, 5.41) is 5.70. The highest BCUT2D eigenvalue weighted by Crippen LogP contribution is 2.11. The second-order valence-corrected chi connectivity index (χ2v) is 5.16. The van der Waals surface area contributed by atoms with Crippen LogP contribution in [0.2, 0.25) is 0 Å². The molecule has 0 aliphatic rings. The van der Waals surface area contributed by atoms with Gasteiger partial charge in [0, 0.05) is 25.0 Å². The molecule has 0 bridgehead atoms. The van der Waals surface area contributed by atoms with Crippen LogP contribution in [-0.2, 0) is 13.1 Å². The number of nitrogens with zero attached hydrogens (tertiary/aromatic N) is 1. The average molecular weight is 285 g/mol. The van der Waals surface area contributed by atoms with Crippen LogP contribution in [-0.4, -0.2) is 17.1 Å². The molecular weight excluding hydrogens is 262 g/mol. The van der Waals surface area contributed by atoms with E-state index in [0.29, 0.717) is 13.1 Å². The van der Waals surface area contributed by atoms with E-state index in [2.05, 4.69) is 46.4 Å². The molecule has 0 atom stereocenters. The van der Waals surface area contributed by atoms with Gasteiger partial charge in [0.15, 0.2) is 0 Å². The molecule has 2 amide bonds. The number of amides is 2. The van der Waals surface area contributed by atoms with E-state index < -0.39 is 0 Å². The molecule has 0 fully saturated rings. The molecule has 2 aromatic rings. The molecule has 0 unspecified atom stereocenters. The highest BCUT2D eigenvalue weighted by molar-refractivity contribution is 5.73. The summed E-state index contributed by atoms with van der Waals surface area (Å²) in [6, 6.07) is 12.3. The summed E-state index contributed by atoms with van der Waals surface area (Å²) in [5.74, 6) is 0. The molecule has 21 heavy (non-hydrogen) atoms. The molecule has 0 saturated heterocycles. The van der Waals surface area contributed by atoms with Crippen LogP contribution in [0.1, 0.15) is 30.2 Å². The minimum absolute atomic E-state index is 0.111. The Morgan fingerprint density at radius 1 is 1.14 bits per heavy atom. The summed E-state index contributed by atoms with van der Waals surface area (Å²) in [4.78, 5) is 11.6. The number of aryl methyl sites for hydroxylation is 1. The van der Waals surface area contributed by atoms with Gasteiger partial charge in [-0.25, -0.2) is 4.79 Å². The molecule has 0 aliphatic carbocycles. The topological polar surface area (TPSA) is 46.1 Å². The van der Waals surface area contributed by atoms with Gasteiger partial charge in [-0.2, -0.15) is 0 Å². The first kappa shape index (κ1) is 15.2. The van der Waals surface area contributed by atoms with Gasteiger partial charge < -0.3 is 15.2 Å². The van der Waals surface area contributed by atoms with Crippen molar-refractivity contribution in [2.45, 2.75) is 33.4 Å². The Balaban J connectivity index is 1.96. The second kappa shape index (κ2) is 7.53. The fourth-order valence-electron chi connectivity index (χ4n) is 2.21. The van der Waals surface area contributed by atoms with Gasteiger partial charge in [0.2, 0.25) is 0 Å². The van der Waals surface area contributed by atoms with Crippen LogP contribution in [0.3, 0.4) is 0 Å². The number of carbonyl (C=O) groups excluding carboxylic acids is 1.